The quantitative estimate of drug-likeness (QED) is 0.581. The predicted octanol–water partition coefficient (Wildman–Crippen LogP) is 4.73. The lowest BCUT2D eigenvalue weighted by molar-refractivity contribution is 0.234. The molecule has 0 aromatic carbocycles. The molecule has 0 amide bonds. The summed E-state index contributed by atoms with van der Waals surface area (Å²) in [5.74, 6) is 1.81. The molecule has 0 radical (unpaired) electrons. The van der Waals surface area contributed by atoms with Gasteiger partial charge in [0, 0.05) is 0 Å². The van der Waals surface area contributed by atoms with Crippen molar-refractivity contribution in [2.75, 3.05) is 0 Å². The Morgan fingerprint density at radius 2 is 2.20 bits per heavy atom. The largest absolute Gasteiger partial charge is 0.100 e. The molecule has 2 bridgehead atoms. The molecule has 0 nitrogen and oxygen atoms in total. The van der Waals surface area contributed by atoms with E-state index >= 15 is 0 Å². The lowest BCUT2D eigenvalue weighted by atomic mass is 9.69. The summed E-state index contributed by atoms with van der Waals surface area (Å²) in [5.41, 5.74) is 3.37. The van der Waals surface area contributed by atoms with Crippen LogP contribution in [-0.4, -0.2) is 0 Å². The van der Waals surface area contributed by atoms with Crippen LogP contribution >= 0.6 is 0 Å². The van der Waals surface area contributed by atoms with E-state index in [1.165, 1.54) is 44.1 Å². The molecule has 0 aromatic rings. The Morgan fingerprint density at radius 1 is 1.47 bits per heavy atom. The van der Waals surface area contributed by atoms with Crippen LogP contribution in [0.2, 0.25) is 0 Å². The lowest BCUT2D eigenvalue weighted by Crippen LogP contribution is -2.26. The number of rotatable bonds is 4. The maximum absolute atomic E-state index is 4.37. The van der Waals surface area contributed by atoms with Gasteiger partial charge in [0.2, 0.25) is 0 Å². The summed E-state index contributed by atoms with van der Waals surface area (Å²) in [6.07, 6.45) is 8.13. The molecular formula is C15H24. The summed E-state index contributed by atoms with van der Waals surface area (Å²) < 4.78 is 0. The van der Waals surface area contributed by atoms with Crippen molar-refractivity contribution in [2.24, 2.45) is 17.3 Å². The SMILES string of the molecule is C=C(C)CCC[C@@]1(C)C(=C)[C@@H]2CC[C@H]1C2. The fraction of sp³-hybridized carbons (Fsp3) is 0.733. The van der Waals surface area contributed by atoms with E-state index in [1.54, 1.807) is 5.57 Å². The highest BCUT2D eigenvalue weighted by molar-refractivity contribution is 5.24. The van der Waals surface area contributed by atoms with Gasteiger partial charge in [-0.25, -0.2) is 0 Å². The van der Waals surface area contributed by atoms with Gasteiger partial charge in [0.1, 0.15) is 0 Å². The summed E-state index contributed by atoms with van der Waals surface area (Å²) >= 11 is 0. The maximum atomic E-state index is 4.37. The van der Waals surface area contributed by atoms with Crippen molar-refractivity contribution in [1.29, 1.82) is 0 Å². The number of hydrogen-bond donors (Lipinski definition) is 0. The lowest BCUT2D eigenvalue weighted by Gasteiger charge is -2.36. The normalized spacial score (nSPS) is 38.7. The average Bonchev–Trinajstić information content (AvgIpc) is 2.70. The van der Waals surface area contributed by atoms with Crippen LogP contribution in [0.1, 0.15) is 52.4 Å². The fourth-order valence-corrected chi connectivity index (χ4v) is 3.73. The number of fused-ring (bicyclic) bond motifs is 2. The number of allylic oxidation sites excluding steroid dienone is 2. The summed E-state index contributed by atoms with van der Waals surface area (Å²) in [4.78, 5) is 0. The zero-order valence-corrected chi connectivity index (χ0v) is 10.3. The molecule has 0 unspecified atom stereocenters. The van der Waals surface area contributed by atoms with Gasteiger partial charge < -0.3 is 0 Å². The molecule has 0 heteroatoms. The highest BCUT2D eigenvalue weighted by Gasteiger charge is 2.49. The van der Waals surface area contributed by atoms with Crippen molar-refractivity contribution in [1.82, 2.24) is 0 Å². The Labute approximate surface area is 94.5 Å². The molecular weight excluding hydrogens is 180 g/mol. The van der Waals surface area contributed by atoms with Crippen LogP contribution in [-0.2, 0) is 0 Å². The highest BCUT2D eigenvalue weighted by atomic mass is 14.5. The van der Waals surface area contributed by atoms with Crippen LogP contribution in [0.4, 0.5) is 0 Å². The monoisotopic (exact) mass is 204 g/mol. The molecule has 2 aliphatic carbocycles. The van der Waals surface area contributed by atoms with Gasteiger partial charge in [-0.2, -0.15) is 0 Å². The van der Waals surface area contributed by atoms with Gasteiger partial charge in [-0.05, 0) is 62.7 Å². The Balaban J connectivity index is 1.95. The summed E-state index contributed by atoms with van der Waals surface area (Å²) in [7, 11) is 0. The summed E-state index contributed by atoms with van der Waals surface area (Å²) in [6.45, 7) is 12.9. The highest BCUT2D eigenvalue weighted by Crippen LogP contribution is 2.60. The molecule has 2 saturated carbocycles. The van der Waals surface area contributed by atoms with Crippen molar-refractivity contribution < 1.29 is 0 Å². The first-order valence-electron chi connectivity index (χ1n) is 6.37. The Bertz CT molecular complexity index is 286. The topological polar surface area (TPSA) is 0 Å². The van der Waals surface area contributed by atoms with Crippen molar-refractivity contribution in [3.8, 4) is 0 Å². The molecule has 0 N–H and O–H groups in total. The molecule has 2 rings (SSSR count). The third-order valence-corrected chi connectivity index (χ3v) is 4.86. The Hall–Kier alpha value is -0.520. The van der Waals surface area contributed by atoms with Gasteiger partial charge in [-0.3, -0.25) is 0 Å². The molecule has 0 heterocycles. The third-order valence-electron chi connectivity index (χ3n) is 4.86. The first-order chi connectivity index (χ1) is 7.04. The van der Waals surface area contributed by atoms with Gasteiger partial charge in [0.25, 0.3) is 0 Å². The second-order valence-electron chi connectivity index (χ2n) is 5.96. The molecule has 15 heavy (non-hydrogen) atoms. The van der Waals surface area contributed by atoms with Gasteiger partial charge in [0.05, 0.1) is 0 Å². The van der Waals surface area contributed by atoms with Gasteiger partial charge >= 0.3 is 0 Å². The summed E-state index contributed by atoms with van der Waals surface area (Å²) in [6, 6.07) is 0. The van der Waals surface area contributed by atoms with Crippen LogP contribution in [0.5, 0.6) is 0 Å². The van der Waals surface area contributed by atoms with E-state index in [-0.39, 0.29) is 0 Å². The van der Waals surface area contributed by atoms with E-state index in [0.29, 0.717) is 5.41 Å². The molecule has 0 saturated heterocycles. The number of hydrogen-bond acceptors (Lipinski definition) is 0. The average molecular weight is 204 g/mol. The van der Waals surface area contributed by atoms with Crippen LogP contribution in [0, 0.1) is 17.3 Å². The van der Waals surface area contributed by atoms with Gasteiger partial charge in [0.15, 0.2) is 0 Å². The van der Waals surface area contributed by atoms with Crippen LogP contribution in [0.15, 0.2) is 24.3 Å². The smallest absolute Gasteiger partial charge is 0.00877 e. The van der Waals surface area contributed by atoms with Crippen LogP contribution < -0.4 is 0 Å². The Kier molecular flexibility index (Phi) is 2.79. The predicted molar refractivity (Wildman–Crippen MR) is 66.7 cm³/mol. The zero-order valence-electron chi connectivity index (χ0n) is 10.3. The van der Waals surface area contributed by atoms with Crippen LogP contribution in [0.25, 0.3) is 0 Å². The second-order valence-corrected chi connectivity index (χ2v) is 5.96. The first kappa shape index (κ1) is 11.0. The fourth-order valence-electron chi connectivity index (χ4n) is 3.73. The Morgan fingerprint density at radius 3 is 2.73 bits per heavy atom. The third kappa shape index (κ3) is 1.79. The maximum Gasteiger partial charge on any atom is -0.00877 e. The second kappa shape index (κ2) is 3.81. The minimum atomic E-state index is 0.471. The molecule has 0 aromatic heterocycles. The van der Waals surface area contributed by atoms with E-state index < -0.39 is 0 Å². The molecule has 0 aliphatic heterocycles. The van der Waals surface area contributed by atoms with Crippen molar-refractivity contribution in [2.45, 2.75) is 52.4 Å². The van der Waals surface area contributed by atoms with E-state index in [1.807, 2.05) is 0 Å². The van der Waals surface area contributed by atoms with E-state index in [4.69, 9.17) is 0 Å². The minimum Gasteiger partial charge on any atom is -0.100 e. The summed E-state index contributed by atoms with van der Waals surface area (Å²) in [5, 5.41) is 0. The van der Waals surface area contributed by atoms with Crippen LogP contribution in [0.3, 0.4) is 0 Å². The standard InChI is InChI=1S/C15H24/c1-11(2)6-5-9-15(4)12(3)13-7-8-14(15)10-13/h13-14H,1,3,5-10H2,2,4H3/t13-,14+,15+/m1/s1. The molecule has 3 atom stereocenters. The van der Waals surface area contributed by atoms with E-state index in [9.17, 15) is 0 Å². The molecule has 2 aliphatic rings. The van der Waals surface area contributed by atoms with E-state index in [0.717, 1.165) is 11.8 Å². The molecule has 0 spiro atoms. The van der Waals surface area contributed by atoms with Crippen molar-refractivity contribution >= 4 is 0 Å². The minimum absolute atomic E-state index is 0.471. The zero-order chi connectivity index (χ0) is 11.1. The van der Waals surface area contributed by atoms with Gasteiger partial charge in [-0.1, -0.05) is 24.6 Å². The van der Waals surface area contributed by atoms with Crippen molar-refractivity contribution in [3.63, 3.8) is 0 Å². The first-order valence-corrected chi connectivity index (χ1v) is 6.37. The van der Waals surface area contributed by atoms with Gasteiger partial charge in [-0.15, -0.1) is 6.58 Å². The van der Waals surface area contributed by atoms with E-state index in [2.05, 4.69) is 27.0 Å². The molecule has 84 valence electrons. The van der Waals surface area contributed by atoms with Crippen molar-refractivity contribution in [3.05, 3.63) is 24.3 Å². The molecule has 2 fully saturated rings.